The number of esters is 2. The SMILES string of the molecule is COC(=O)C1=C(C)C(C)(C(=O)OC)CC1=O. The van der Waals surface area contributed by atoms with Gasteiger partial charge in [-0.05, 0) is 19.4 Å². The molecule has 0 aromatic heterocycles. The van der Waals surface area contributed by atoms with Crippen molar-refractivity contribution >= 4 is 17.7 Å². The molecule has 0 spiro atoms. The van der Waals surface area contributed by atoms with Gasteiger partial charge in [0.2, 0.25) is 0 Å². The van der Waals surface area contributed by atoms with Gasteiger partial charge in [0.15, 0.2) is 5.78 Å². The monoisotopic (exact) mass is 226 g/mol. The first-order chi connectivity index (χ1) is 7.38. The van der Waals surface area contributed by atoms with Gasteiger partial charge in [-0.1, -0.05) is 0 Å². The fourth-order valence-electron chi connectivity index (χ4n) is 1.85. The number of rotatable bonds is 2. The lowest BCUT2D eigenvalue weighted by molar-refractivity contribution is -0.150. The molecule has 1 rings (SSSR count). The van der Waals surface area contributed by atoms with Gasteiger partial charge >= 0.3 is 11.9 Å². The van der Waals surface area contributed by atoms with E-state index in [1.54, 1.807) is 13.8 Å². The summed E-state index contributed by atoms with van der Waals surface area (Å²) < 4.78 is 9.15. The van der Waals surface area contributed by atoms with Gasteiger partial charge in [0.05, 0.1) is 19.6 Å². The Balaban J connectivity index is 3.23. The predicted octanol–water partition coefficient (Wildman–Crippen LogP) is 0.628. The molecule has 1 atom stereocenters. The third kappa shape index (κ3) is 1.62. The van der Waals surface area contributed by atoms with E-state index in [1.165, 1.54) is 14.2 Å². The van der Waals surface area contributed by atoms with Gasteiger partial charge in [0.1, 0.15) is 5.57 Å². The molecule has 1 aliphatic rings. The molecule has 0 saturated carbocycles. The Kier molecular flexibility index (Phi) is 3.16. The number of ether oxygens (including phenoxy) is 2. The molecule has 0 fully saturated rings. The average Bonchev–Trinajstić information content (AvgIpc) is 2.49. The second kappa shape index (κ2) is 4.08. The Morgan fingerprint density at radius 2 is 1.81 bits per heavy atom. The lowest BCUT2D eigenvalue weighted by Gasteiger charge is -2.21. The van der Waals surface area contributed by atoms with Crippen molar-refractivity contribution in [2.45, 2.75) is 20.3 Å². The van der Waals surface area contributed by atoms with E-state index < -0.39 is 17.4 Å². The van der Waals surface area contributed by atoms with Crippen LogP contribution >= 0.6 is 0 Å². The zero-order valence-corrected chi connectivity index (χ0v) is 9.75. The molecule has 0 aromatic rings. The summed E-state index contributed by atoms with van der Waals surface area (Å²) in [4.78, 5) is 34.6. The van der Waals surface area contributed by atoms with Crippen molar-refractivity contribution in [3.05, 3.63) is 11.1 Å². The van der Waals surface area contributed by atoms with Crippen molar-refractivity contribution in [1.29, 1.82) is 0 Å². The summed E-state index contributed by atoms with van der Waals surface area (Å²) in [5.41, 5.74) is -0.665. The van der Waals surface area contributed by atoms with Crippen LogP contribution in [-0.2, 0) is 23.9 Å². The van der Waals surface area contributed by atoms with Crippen molar-refractivity contribution in [3.63, 3.8) is 0 Å². The van der Waals surface area contributed by atoms with E-state index in [9.17, 15) is 14.4 Å². The van der Waals surface area contributed by atoms with Crippen LogP contribution in [-0.4, -0.2) is 31.9 Å². The Labute approximate surface area is 93.4 Å². The summed E-state index contributed by atoms with van der Waals surface area (Å²) in [6.45, 7) is 3.16. The quantitative estimate of drug-likeness (QED) is 0.510. The lowest BCUT2D eigenvalue weighted by atomic mass is 9.84. The van der Waals surface area contributed by atoms with E-state index in [1.807, 2.05) is 0 Å². The molecule has 16 heavy (non-hydrogen) atoms. The number of hydrogen-bond acceptors (Lipinski definition) is 5. The summed E-state index contributed by atoms with van der Waals surface area (Å²) in [5, 5.41) is 0. The van der Waals surface area contributed by atoms with Crippen molar-refractivity contribution < 1.29 is 23.9 Å². The van der Waals surface area contributed by atoms with Gasteiger partial charge in [0.25, 0.3) is 0 Å². The van der Waals surface area contributed by atoms with Crippen LogP contribution in [0.15, 0.2) is 11.1 Å². The number of carbonyl (C=O) groups is 3. The molecular formula is C11H14O5. The lowest BCUT2D eigenvalue weighted by Crippen LogP contribution is -2.28. The van der Waals surface area contributed by atoms with Crippen LogP contribution in [0.2, 0.25) is 0 Å². The molecule has 0 saturated heterocycles. The van der Waals surface area contributed by atoms with Crippen molar-refractivity contribution in [3.8, 4) is 0 Å². The molecule has 0 bridgehead atoms. The van der Waals surface area contributed by atoms with Crippen molar-refractivity contribution in [1.82, 2.24) is 0 Å². The number of carbonyl (C=O) groups excluding carboxylic acids is 3. The van der Waals surface area contributed by atoms with Crippen LogP contribution in [0.3, 0.4) is 0 Å². The van der Waals surface area contributed by atoms with Crippen LogP contribution in [0, 0.1) is 5.41 Å². The van der Waals surface area contributed by atoms with Crippen molar-refractivity contribution in [2.75, 3.05) is 14.2 Å². The average molecular weight is 226 g/mol. The third-order valence-electron chi connectivity index (χ3n) is 3.02. The molecule has 0 amide bonds. The zero-order valence-electron chi connectivity index (χ0n) is 9.75. The maximum atomic E-state index is 11.7. The first-order valence-electron chi connectivity index (χ1n) is 4.79. The highest BCUT2D eigenvalue weighted by atomic mass is 16.5. The van der Waals surface area contributed by atoms with Gasteiger partial charge < -0.3 is 9.47 Å². The Hall–Kier alpha value is -1.65. The fourth-order valence-corrected chi connectivity index (χ4v) is 1.85. The highest BCUT2D eigenvalue weighted by molar-refractivity contribution is 6.21. The predicted molar refractivity (Wildman–Crippen MR) is 54.5 cm³/mol. The highest BCUT2D eigenvalue weighted by Crippen LogP contribution is 2.41. The number of Topliss-reactive ketones (excluding diaryl/α,β-unsaturated/α-hetero) is 1. The third-order valence-corrected chi connectivity index (χ3v) is 3.02. The van der Waals surface area contributed by atoms with Gasteiger partial charge in [-0.3, -0.25) is 9.59 Å². The minimum atomic E-state index is -1.05. The fraction of sp³-hybridized carbons (Fsp3) is 0.545. The number of ketones is 1. The van der Waals surface area contributed by atoms with Crippen molar-refractivity contribution in [2.24, 2.45) is 5.41 Å². The second-order valence-electron chi connectivity index (χ2n) is 3.92. The van der Waals surface area contributed by atoms with Crippen LogP contribution < -0.4 is 0 Å². The zero-order chi connectivity index (χ0) is 12.5. The van der Waals surface area contributed by atoms with E-state index in [0.717, 1.165) is 0 Å². The van der Waals surface area contributed by atoms with E-state index in [4.69, 9.17) is 0 Å². The maximum absolute atomic E-state index is 11.7. The van der Waals surface area contributed by atoms with Crippen LogP contribution in [0.25, 0.3) is 0 Å². The minimum absolute atomic E-state index is 0.0320. The van der Waals surface area contributed by atoms with E-state index in [-0.39, 0.29) is 17.8 Å². The standard InChI is InChI=1S/C11H14O5/c1-6-8(9(13)15-3)7(12)5-11(6,2)10(14)16-4/h5H2,1-4H3. The maximum Gasteiger partial charge on any atom is 0.341 e. The van der Waals surface area contributed by atoms with E-state index in [0.29, 0.717) is 5.57 Å². The molecule has 88 valence electrons. The molecule has 0 aliphatic heterocycles. The van der Waals surface area contributed by atoms with E-state index in [2.05, 4.69) is 9.47 Å². The Bertz CT molecular complexity index is 393. The first kappa shape index (κ1) is 12.4. The first-order valence-corrected chi connectivity index (χ1v) is 4.79. The van der Waals surface area contributed by atoms with Gasteiger partial charge in [-0.15, -0.1) is 0 Å². The largest absolute Gasteiger partial charge is 0.468 e. The Morgan fingerprint density at radius 3 is 2.25 bits per heavy atom. The summed E-state index contributed by atoms with van der Waals surface area (Å²) in [5.74, 6) is -1.59. The summed E-state index contributed by atoms with van der Waals surface area (Å²) in [6.07, 6.45) is -0.0457. The van der Waals surface area contributed by atoms with Crippen LogP contribution in [0.1, 0.15) is 20.3 Å². The molecule has 0 aromatic carbocycles. The summed E-state index contributed by atoms with van der Waals surface area (Å²) >= 11 is 0. The highest BCUT2D eigenvalue weighted by Gasteiger charge is 2.48. The van der Waals surface area contributed by atoms with Crippen LogP contribution in [0.4, 0.5) is 0 Å². The molecule has 1 aliphatic carbocycles. The molecule has 0 heterocycles. The van der Waals surface area contributed by atoms with Gasteiger partial charge in [0, 0.05) is 6.42 Å². The second-order valence-corrected chi connectivity index (χ2v) is 3.92. The molecule has 1 unspecified atom stereocenters. The normalized spacial score (nSPS) is 24.6. The molecular weight excluding hydrogens is 212 g/mol. The number of methoxy groups -OCH3 is 2. The smallest absolute Gasteiger partial charge is 0.341 e. The van der Waals surface area contributed by atoms with Crippen LogP contribution in [0.5, 0.6) is 0 Å². The molecule has 0 radical (unpaired) electrons. The summed E-state index contributed by atoms with van der Waals surface area (Å²) in [7, 11) is 2.45. The molecule has 5 heteroatoms. The topological polar surface area (TPSA) is 69.7 Å². The minimum Gasteiger partial charge on any atom is -0.468 e. The van der Waals surface area contributed by atoms with Gasteiger partial charge in [-0.2, -0.15) is 0 Å². The molecule has 0 N–H and O–H groups in total. The summed E-state index contributed by atoms with van der Waals surface area (Å²) in [6, 6.07) is 0. The Morgan fingerprint density at radius 1 is 1.25 bits per heavy atom. The molecule has 5 nitrogen and oxygen atoms in total. The van der Waals surface area contributed by atoms with Gasteiger partial charge in [-0.25, -0.2) is 4.79 Å². The van der Waals surface area contributed by atoms with E-state index >= 15 is 0 Å². The number of hydrogen-bond donors (Lipinski definition) is 0.